The fraction of sp³-hybridized carbons (Fsp3) is 0.286. The van der Waals surface area contributed by atoms with E-state index >= 15 is 0 Å². The van der Waals surface area contributed by atoms with Crippen molar-refractivity contribution in [1.82, 2.24) is 0 Å². The maximum atomic E-state index is 6.95. The summed E-state index contributed by atoms with van der Waals surface area (Å²) in [4.78, 5) is 0. The number of hydrogen-bond donors (Lipinski definition) is 0. The number of para-hydroxylation sites is 4. The Morgan fingerprint density at radius 1 is 0.435 bits per heavy atom. The minimum absolute atomic E-state index is 0.0867. The SMILES string of the molecule is CC(C)(C)c1ccc(-c2cccc3c2Oc2ccccc2[Si]3(C)C)c(C(C)(C)C)c1-c1cccc2c1Oc1ccccc1[Si]2(C)C. The molecule has 0 amide bonds. The van der Waals surface area contributed by atoms with Gasteiger partial charge in [0.15, 0.2) is 0 Å². The molecule has 0 aromatic heterocycles. The number of hydrogen-bond acceptors (Lipinski definition) is 2. The zero-order chi connectivity index (χ0) is 32.8. The topological polar surface area (TPSA) is 18.5 Å². The van der Waals surface area contributed by atoms with Gasteiger partial charge in [0.25, 0.3) is 0 Å². The molecule has 0 unspecified atom stereocenters. The van der Waals surface area contributed by atoms with Crippen LogP contribution in [0, 0.1) is 0 Å². The largest absolute Gasteiger partial charge is 0.457 e. The highest BCUT2D eigenvalue weighted by molar-refractivity contribution is 7.02. The Bertz CT molecular complexity index is 2020. The number of benzene rings is 5. The second-order valence-corrected chi connectivity index (χ2v) is 24.9. The highest BCUT2D eigenvalue weighted by atomic mass is 28.3. The van der Waals surface area contributed by atoms with Crippen molar-refractivity contribution < 1.29 is 9.47 Å². The molecule has 0 radical (unpaired) electrons. The fourth-order valence-electron chi connectivity index (χ4n) is 7.85. The summed E-state index contributed by atoms with van der Waals surface area (Å²) in [6, 6.07) is 35.7. The fourth-order valence-corrected chi connectivity index (χ4v) is 13.5. The Morgan fingerprint density at radius 2 is 0.891 bits per heavy atom. The van der Waals surface area contributed by atoms with Gasteiger partial charge in [0.05, 0.1) is 0 Å². The van der Waals surface area contributed by atoms with Crippen LogP contribution in [0.1, 0.15) is 52.7 Å². The summed E-state index contributed by atoms with van der Waals surface area (Å²) >= 11 is 0. The van der Waals surface area contributed by atoms with Crippen LogP contribution in [0.2, 0.25) is 26.2 Å². The summed E-state index contributed by atoms with van der Waals surface area (Å²) in [5.41, 5.74) is 7.31. The van der Waals surface area contributed by atoms with E-state index in [9.17, 15) is 0 Å². The van der Waals surface area contributed by atoms with Gasteiger partial charge in [-0.2, -0.15) is 0 Å². The lowest BCUT2D eigenvalue weighted by Crippen LogP contribution is -2.56. The molecule has 0 saturated carbocycles. The van der Waals surface area contributed by atoms with Crippen LogP contribution in [0.15, 0.2) is 97.1 Å². The van der Waals surface area contributed by atoms with E-state index in [-0.39, 0.29) is 10.8 Å². The first-order valence-corrected chi connectivity index (χ1v) is 22.6. The third-order valence-electron chi connectivity index (χ3n) is 10.2. The van der Waals surface area contributed by atoms with Crippen molar-refractivity contribution in [3.8, 4) is 45.3 Å². The Balaban J connectivity index is 1.56. The van der Waals surface area contributed by atoms with Crippen molar-refractivity contribution in [2.45, 2.75) is 78.6 Å². The highest BCUT2D eigenvalue weighted by Gasteiger charge is 2.41. The van der Waals surface area contributed by atoms with Gasteiger partial charge in [-0.15, -0.1) is 0 Å². The molecule has 2 aliphatic heterocycles. The van der Waals surface area contributed by atoms with Gasteiger partial charge in [-0.3, -0.25) is 0 Å². The van der Waals surface area contributed by atoms with Gasteiger partial charge >= 0.3 is 0 Å². The van der Waals surface area contributed by atoms with Crippen LogP contribution in [-0.4, -0.2) is 16.1 Å². The first-order valence-electron chi connectivity index (χ1n) is 16.6. The van der Waals surface area contributed by atoms with Crippen molar-refractivity contribution >= 4 is 36.9 Å². The Hall–Kier alpha value is -3.87. The van der Waals surface area contributed by atoms with Crippen LogP contribution in [0.3, 0.4) is 0 Å². The number of fused-ring (bicyclic) bond motifs is 4. The minimum Gasteiger partial charge on any atom is -0.457 e. The van der Waals surface area contributed by atoms with E-state index in [4.69, 9.17) is 9.47 Å². The molecule has 4 heteroatoms. The molecule has 7 rings (SSSR count). The molecular weight excluding hydrogens is 593 g/mol. The maximum absolute atomic E-state index is 6.95. The monoisotopic (exact) mass is 638 g/mol. The molecule has 2 heterocycles. The Labute approximate surface area is 277 Å². The predicted octanol–water partition coefficient (Wildman–Crippen LogP) is 9.47. The highest BCUT2D eigenvalue weighted by Crippen LogP contribution is 2.50. The molecule has 46 heavy (non-hydrogen) atoms. The standard InChI is InChI=1S/C42H46O2Si2/c1-41(2,3)30-26-25-27(28-17-15-23-35-39(28)43-31-19-11-13-21-33(31)45(35,7)8)38(42(4,5)6)37(30)29-18-16-24-36-40(29)44-32-20-12-14-22-34(32)46(36,9)10/h11-26H,1-10H3. The van der Waals surface area contributed by atoms with Crippen LogP contribution in [0.25, 0.3) is 22.3 Å². The number of rotatable bonds is 2. The average Bonchev–Trinajstić information content (AvgIpc) is 2.99. The van der Waals surface area contributed by atoms with Crippen LogP contribution < -0.4 is 30.2 Å². The van der Waals surface area contributed by atoms with Gasteiger partial charge in [-0.1, -0.05) is 153 Å². The summed E-state index contributed by atoms with van der Waals surface area (Å²) in [7, 11) is -4.00. The van der Waals surface area contributed by atoms with E-state index in [2.05, 4.69) is 165 Å². The molecule has 0 saturated heterocycles. The molecule has 5 aromatic rings. The van der Waals surface area contributed by atoms with Crippen molar-refractivity contribution in [2.24, 2.45) is 0 Å². The normalized spacial score (nSPS) is 15.9. The molecule has 2 aliphatic rings. The lowest BCUT2D eigenvalue weighted by molar-refractivity contribution is 0.487. The van der Waals surface area contributed by atoms with Gasteiger partial charge in [-0.25, -0.2) is 0 Å². The lowest BCUT2D eigenvalue weighted by Gasteiger charge is -2.38. The van der Waals surface area contributed by atoms with E-state index in [1.807, 2.05) is 0 Å². The summed E-state index contributed by atoms with van der Waals surface area (Å²) in [5.74, 6) is 4.05. The molecule has 0 N–H and O–H groups in total. The van der Waals surface area contributed by atoms with Crippen molar-refractivity contribution in [3.63, 3.8) is 0 Å². The smallest absolute Gasteiger partial charge is 0.134 e. The first-order chi connectivity index (χ1) is 21.6. The number of ether oxygens (including phenoxy) is 2. The Morgan fingerprint density at radius 3 is 1.39 bits per heavy atom. The van der Waals surface area contributed by atoms with Crippen molar-refractivity contribution in [1.29, 1.82) is 0 Å². The molecule has 0 fully saturated rings. The second-order valence-electron chi connectivity index (χ2n) is 16.2. The molecule has 0 bridgehead atoms. The van der Waals surface area contributed by atoms with Crippen LogP contribution in [-0.2, 0) is 10.8 Å². The van der Waals surface area contributed by atoms with Gasteiger partial charge in [0, 0.05) is 11.1 Å². The molecular formula is C42H46O2Si2. The predicted molar refractivity (Wildman–Crippen MR) is 201 cm³/mol. The van der Waals surface area contributed by atoms with Gasteiger partial charge in [0.1, 0.15) is 39.1 Å². The summed E-state index contributed by atoms with van der Waals surface area (Å²) in [6.07, 6.45) is 0. The van der Waals surface area contributed by atoms with Crippen LogP contribution in [0.5, 0.6) is 23.0 Å². The van der Waals surface area contributed by atoms with Crippen LogP contribution in [0.4, 0.5) is 0 Å². The molecule has 2 nitrogen and oxygen atoms in total. The lowest BCUT2D eigenvalue weighted by atomic mass is 9.71. The zero-order valence-corrected chi connectivity index (χ0v) is 31.1. The average molecular weight is 639 g/mol. The van der Waals surface area contributed by atoms with Crippen molar-refractivity contribution in [3.05, 3.63) is 108 Å². The minimum atomic E-state index is -2.01. The van der Waals surface area contributed by atoms with E-state index in [1.165, 1.54) is 54.1 Å². The first kappa shape index (κ1) is 30.8. The van der Waals surface area contributed by atoms with E-state index < -0.39 is 16.1 Å². The van der Waals surface area contributed by atoms with Gasteiger partial charge < -0.3 is 9.47 Å². The van der Waals surface area contributed by atoms with E-state index in [0.29, 0.717) is 0 Å². The summed E-state index contributed by atoms with van der Waals surface area (Å²) in [5, 5.41) is 5.44. The third kappa shape index (κ3) is 4.64. The maximum Gasteiger partial charge on any atom is 0.134 e. The third-order valence-corrected chi connectivity index (χ3v) is 17.2. The van der Waals surface area contributed by atoms with Crippen molar-refractivity contribution in [2.75, 3.05) is 0 Å². The second kappa shape index (κ2) is 10.3. The Kier molecular flexibility index (Phi) is 6.90. The van der Waals surface area contributed by atoms with E-state index in [0.717, 1.165) is 23.0 Å². The molecule has 5 aromatic carbocycles. The van der Waals surface area contributed by atoms with Crippen LogP contribution >= 0.6 is 0 Å². The molecule has 0 aliphatic carbocycles. The van der Waals surface area contributed by atoms with Gasteiger partial charge in [0.2, 0.25) is 0 Å². The summed E-state index contributed by atoms with van der Waals surface area (Å²) < 4.78 is 13.8. The van der Waals surface area contributed by atoms with E-state index in [1.54, 1.807) is 0 Å². The quantitative estimate of drug-likeness (QED) is 0.179. The molecule has 234 valence electrons. The molecule has 0 spiro atoms. The molecule has 0 atom stereocenters. The summed E-state index contributed by atoms with van der Waals surface area (Å²) in [6.45, 7) is 23.9. The zero-order valence-electron chi connectivity index (χ0n) is 29.1. The van der Waals surface area contributed by atoms with Gasteiger partial charge in [-0.05, 0) is 66.0 Å².